The molecule has 0 heterocycles. The Bertz CT molecular complexity index is 585. The van der Waals surface area contributed by atoms with Gasteiger partial charge in [0.05, 0.1) is 5.56 Å². The van der Waals surface area contributed by atoms with Crippen molar-refractivity contribution in [2.24, 2.45) is 5.92 Å². The van der Waals surface area contributed by atoms with E-state index in [1.807, 2.05) is 22.6 Å². The molecule has 0 saturated heterocycles. The first-order valence-corrected chi connectivity index (χ1v) is 8.46. The van der Waals surface area contributed by atoms with Crippen LogP contribution in [0, 0.1) is 9.49 Å². The van der Waals surface area contributed by atoms with Crippen molar-refractivity contribution in [2.75, 3.05) is 0 Å². The van der Waals surface area contributed by atoms with Gasteiger partial charge in [-0.2, -0.15) is 8.78 Å². The number of rotatable bonds is 5. The van der Waals surface area contributed by atoms with Crippen LogP contribution in [-0.2, 0) is 9.53 Å². The molecule has 126 valence electrons. The Morgan fingerprint density at radius 3 is 2.39 bits per heavy atom. The zero-order valence-electron chi connectivity index (χ0n) is 12.3. The summed E-state index contributed by atoms with van der Waals surface area (Å²) in [6.07, 6.45) is 1.15. The van der Waals surface area contributed by atoms with Crippen molar-refractivity contribution < 1.29 is 28.2 Å². The first kappa shape index (κ1) is 18.1. The van der Waals surface area contributed by atoms with Gasteiger partial charge in [0.25, 0.3) is 0 Å². The van der Waals surface area contributed by atoms with Crippen LogP contribution in [0.25, 0.3) is 0 Å². The molecule has 0 amide bonds. The lowest BCUT2D eigenvalue weighted by atomic mass is 9.83. The zero-order chi connectivity index (χ0) is 17.0. The maximum Gasteiger partial charge on any atom is 0.339 e. The van der Waals surface area contributed by atoms with Crippen LogP contribution < -0.4 is 5.11 Å². The van der Waals surface area contributed by atoms with Crippen LogP contribution in [0.1, 0.15) is 42.5 Å². The Labute approximate surface area is 146 Å². The molecular weight excluding hydrogens is 421 g/mol. The van der Waals surface area contributed by atoms with Gasteiger partial charge in [-0.15, -0.1) is 0 Å². The smallest absolute Gasteiger partial charge is 0.339 e. The normalized spacial score (nSPS) is 17.5. The number of carbonyl (C=O) groups is 2. The van der Waals surface area contributed by atoms with Gasteiger partial charge in [-0.3, -0.25) is 0 Å². The number of aliphatic carboxylic acids is 1. The molecule has 1 unspecified atom stereocenters. The highest BCUT2D eigenvalue weighted by Gasteiger charge is 2.48. The van der Waals surface area contributed by atoms with E-state index < -0.39 is 29.9 Å². The largest absolute Gasteiger partial charge is 0.544 e. The van der Waals surface area contributed by atoms with Gasteiger partial charge in [-0.25, -0.2) is 4.79 Å². The lowest BCUT2D eigenvalue weighted by Crippen LogP contribution is -2.54. The number of alkyl halides is 2. The van der Waals surface area contributed by atoms with E-state index in [1.54, 1.807) is 18.2 Å². The predicted octanol–water partition coefficient (Wildman–Crippen LogP) is 2.78. The predicted molar refractivity (Wildman–Crippen MR) is 84.9 cm³/mol. The summed E-state index contributed by atoms with van der Waals surface area (Å²) in [5.74, 6) is -8.34. The first-order valence-electron chi connectivity index (χ1n) is 7.39. The number of esters is 1. The standard InChI is InChI=1S/C16H17F2IO4/c17-16(18,15(21)22)13(10-6-2-1-3-7-10)23-14(20)11-8-4-5-9-12(11)19/h4-5,8-10,13H,1-3,6-7H2,(H,21,22)/p-1. The molecule has 0 aliphatic heterocycles. The third kappa shape index (κ3) is 4.19. The summed E-state index contributed by atoms with van der Waals surface area (Å²) in [4.78, 5) is 23.1. The molecule has 0 radical (unpaired) electrons. The van der Waals surface area contributed by atoms with Gasteiger partial charge in [0.1, 0.15) is 5.97 Å². The lowest BCUT2D eigenvalue weighted by molar-refractivity contribution is -0.337. The van der Waals surface area contributed by atoms with Crippen molar-refractivity contribution >= 4 is 34.5 Å². The van der Waals surface area contributed by atoms with Crippen molar-refractivity contribution in [1.29, 1.82) is 0 Å². The lowest BCUT2D eigenvalue weighted by Gasteiger charge is -2.35. The average Bonchev–Trinajstić information content (AvgIpc) is 2.53. The van der Waals surface area contributed by atoms with E-state index in [0.29, 0.717) is 29.3 Å². The average molecular weight is 437 g/mol. The minimum absolute atomic E-state index is 0.142. The Balaban J connectivity index is 2.25. The van der Waals surface area contributed by atoms with E-state index in [-0.39, 0.29) is 5.56 Å². The van der Waals surface area contributed by atoms with E-state index in [9.17, 15) is 23.5 Å². The fourth-order valence-electron chi connectivity index (χ4n) is 2.82. The monoisotopic (exact) mass is 437 g/mol. The molecule has 1 aliphatic carbocycles. The van der Waals surface area contributed by atoms with E-state index in [0.717, 1.165) is 6.42 Å². The zero-order valence-corrected chi connectivity index (χ0v) is 14.4. The van der Waals surface area contributed by atoms with Gasteiger partial charge in [0.2, 0.25) is 0 Å². The molecule has 1 saturated carbocycles. The minimum atomic E-state index is -4.21. The SMILES string of the molecule is O=C(OC(C1CCCCC1)C(F)(F)C(=O)[O-])c1ccccc1I. The molecule has 1 fully saturated rings. The molecular formula is C16H16F2IO4-. The summed E-state index contributed by atoms with van der Waals surface area (Å²) in [6.45, 7) is 0. The van der Waals surface area contributed by atoms with E-state index in [1.165, 1.54) is 6.07 Å². The van der Waals surface area contributed by atoms with Crippen molar-refractivity contribution in [3.63, 3.8) is 0 Å². The second-order valence-corrected chi connectivity index (χ2v) is 6.78. The van der Waals surface area contributed by atoms with Crippen LogP contribution in [-0.4, -0.2) is 24.0 Å². The van der Waals surface area contributed by atoms with Crippen LogP contribution >= 0.6 is 22.6 Å². The van der Waals surface area contributed by atoms with Crippen molar-refractivity contribution in [1.82, 2.24) is 0 Å². The van der Waals surface area contributed by atoms with E-state index >= 15 is 0 Å². The molecule has 1 aromatic carbocycles. The summed E-state index contributed by atoms with van der Waals surface area (Å²) < 4.78 is 33.6. The fourth-order valence-corrected chi connectivity index (χ4v) is 3.43. The molecule has 4 nitrogen and oxygen atoms in total. The van der Waals surface area contributed by atoms with Gasteiger partial charge in [-0.05, 0) is 47.6 Å². The number of carboxylic acids is 1. The molecule has 0 bridgehead atoms. The summed E-state index contributed by atoms with van der Waals surface area (Å²) in [7, 11) is 0. The highest BCUT2D eigenvalue weighted by atomic mass is 127. The number of hydrogen-bond acceptors (Lipinski definition) is 4. The number of benzene rings is 1. The van der Waals surface area contributed by atoms with E-state index in [4.69, 9.17) is 4.74 Å². The maximum atomic E-state index is 14.0. The number of carbonyl (C=O) groups excluding carboxylic acids is 2. The molecule has 0 N–H and O–H groups in total. The third-order valence-corrected chi connectivity index (χ3v) is 4.98. The molecule has 1 aliphatic rings. The molecule has 1 aromatic rings. The van der Waals surface area contributed by atoms with Gasteiger partial charge >= 0.3 is 11.9 Å². The van der Waals surface area contributed by atoms with E-state index in [2.05, 4.69) is 0 Å². The topological polar surface area (TPSA) is 66.4 Å². The van der Waals surface area contributed by atoms with Crippen LogP contribution in [0.4, 0.5) is 8.78 Å². The Kier molecular flexibility index (Phi) is 5.94. The fraction of sp³-hybridized carbons (Fsp3) is 0.500. The van der Waals surface area contributed by atoms with Crippen LogP contribution in [0.5, 0.6) is 0 Å². The number of ether oxygens (including phenoxy) is 1. The molecule has 23 heavy (non-hydrogen) atoms. The van der Waals surface area contributed by atoms with Gasteiger partial charge in [-0.1, -0.05) is 31.4 Å². The number of halogens is 3. The van der Waals surface area contributed by atoms with Crippen molar-refractivity contribution in [2.45, 2.75) is 44.1 Å². The minimum Gasteiger partial charge on any atom is -0.544 e. The summed E-state index contributed by atoms with van der Waals surface area (Å²) in [5.41, 5.74) is 0.142. The van der Waals surface area contributed by atoms with Gasteiger partial charge in [0.15, 0.2) is 6.10 Å². The van der Waals surface area contributed by atoms with Crippen LogP contribution in [0.3, 0.4) is 0 Å². The molecule has 0 spiro atoms. The third-order valence-electron chi connectivity index (χ3n) is 4.04. The maximum absolute atomic E-state index is 14.0. The first-order chi connectivity index (χ1) is 10.8. The van der Waals surface area contributed by atoms with Crippen LogP contribution in [0.15, 0.2) is 24.3 Å². The Hall–Kier alpha value is -1.25. The quantitative estimate of drug-likeness (QED) is 0.525. The van der Waals surface area contributed by atoms with Gasteiger partial charge in [0, 0.05) is 9.49 Å². The second-order valence-electron chi connectivity index (χ2n) is 5.61. The second kappa shape index (κ2) is 7.55. The van der Waals surface area contributed by atoms with Gasteiger partial charge < -0.3 is 14.6 Å². The van der Waals surface area contributed by atoms with Crippen molar-refractivity contribution in [3.05, 3.63) is 33.4 Å². The Morgan fingerprint density at radius 2 is 1.83 bits per heavy atom. The number of carboxylic acid groups (broad SMARTS) is 1. The Morgan fingerprint density at radius 1 is 1.22 bits per heavy atom. The molecule has 7 heteroatoms. The molecule has 2 rings (SSSR count). The summed E-state index contributed by atoms with van der Waals surface area (Å²) in [5, 5.41) is 10.8. The summed E-state index contributed by atoms with van der Waals surface area (Å²) in [6, 6.07) is 6.39. The summed E-state index contributed by atoms with van der Waals surface area (Å²) >= 11 is 1.89. The molecule has 1 atom stereocenters. The van der Waals surface area contributed by atoms with Crippen LogP contribution in [0.2, 0.25) is 0 Å². The van der Waals surface area contributed by atoms with Crippen molar-refractivity contribution in [3.8, 4) is 0 Å². The number of hydrogen-bond donors (Lipinski definition) is 0. The highest BCUT2D eigenvalue weighted by molar-refractivity contribution is 14.1. The highest BCUT2D eigenvalue weighted by Crippen LogP contribution is 2.36. The molecule has 0 aromatic heterocycles.